The third-order valence-electron chi connectivity index (χ3n) is 2.61. The normalized spacial score (nSPS) is 10.1. The van der Waals surface area contributed by atoms with Crippen LogP contribution in [0, 0.1) is 0 Å². The molecule has 0 bridgehead atoms. The molecule has 0 saturated heterocycles. The number of benzene rings is 2. The van der Waals surface area contributed by atoms with Crippen LogP contribution in [0.2, 0.25) is 0 Å². The molecule has 0 radical (unpaired) electrons. The summed E-state index contributed by atoms with van der Waals surface area (Å²) < 4.78 is 11.0. The predicted octanol–water partition coefficient (Wildman–Crippen LogP) is 4.00. The summed E-state index contributed by atoms with van der Waals surface area (Å²) in [6, 6.07) is 16.0. The SMILES string of the molecule is COc1ccc(OCc2ccccc2)c(SC)c1. The molecule has 0 amide bonds. The second-order valence-corrected chi connectivity index (χ2v) is 4.64. The van der Waals surface area contributed by atoms with Crippen molar-refractivity contribution in [2.75, 3.05) is 13.4 Å². The Kier molecular flexibility index (Phi) is 4.53. The van der Waals surface area contributed by atoms with E-state index in [0.29, 0.717) is 6.61 Å². The van der Waals surface area contributed by atoms with Crippen molar-refractivity contribution < 1.29 is 9.47 Å². The zero-order chi connectivity index (χ0) is 12.8. The summed E-state index contributed by atoms with van der Waals surface area (Å²) >= 11 is 1.66. The van der Waals surface area contributed by atoms with Gasteiger partial charge in [0.2, 0.25) is 0 Å². The van der Waals surface area contributed by atoms with Crippen molar-refractivity contribution in [1.29, 1.82) is 0 Å². The molecule has 0 fully saturated rings. The Morgan fingerprint density at radius 2 is 1.83 bits per heavy atom. The maximum absolute atomic E-state index is 5.84. The number of methoxy groups -OCH3 is 1. The highest BCUT2D eigenvalue weighted by atomic mass is 32.2. The highest BCUT2D eigenvalue weighted by molar-refractivity contribution is 7.98. The molecule has 0 N–H and O–H groups in total. The van der Waals surface area contributed by atoms with Gasteiger partial charge in [0.1, 0.15) is 18.1 Å². The Morgan fingerprint density at radius 1 is 1.06 bits per heavy atom. The van der Waals surface area contributed by atoms with Crippen LogP contribution in [0.4, 0.5) is 0 Å². The van der Waals surface area contributed by atoms with Gasteiger partial charge in [-0.1, -0.05) is 30.3 Å². The minimum Gasteiger partial charge on any atom is -0.497 e. The van der Waals surface area contributed by atoms with E-state index >= 15 is 0 Å². The van der Waals surface area contributed by atoms with Crippen molar-refractivity contribution in [3.63, 3.8) is 0 Å². The monoisotopic (exact) mass is 260 g/mol. The van der Waals surface area contributed by atoms with E-state index in [1.54, 1.807) is 18.9 Å². The maximum atomic E-state index is 5.84. The van der Waals surface area contributed by atoms with Gasteiger partial charge in [-0.3, -0.25) is 0 Å². The molecule has 0 spiro atoms. The molecule has 2 aromatic rings. The van der Waals surface area contributed by atoms with Crippen LogP contribution in [0.25, 0.3) is 0 Å². The van der Waals surface area contributed by atoms with Crippen molar-refractivity contribution in [3.05, 3.63) is 54.1 Å². The second kappa shape index (κ2) is 6.36. The van der Waals surface area contributed by atoms with E-state index < -0.39 is 0 Å². The summed E-state index contributed by atoms with van der Waals surface area (Å²) in [7, 11) is 1.67. The molecular formula is C15H16O2S. The first kappa shape index (κ1) is 12.8. The number of thioether (sulfide) groups is 1. The number of hydrogen-bond acceptors (Lipinski definition) is 3. The van der Waals surface area contributed by atoms with Crippen LogP contribution in [0.5, 0.6) is 11.5 Å². The van der Waals surface area contributed by atoms with Gasteiger partial charge in [0, 0.05) is 0 Å². The number of hydrogen-bond donors (Lipinski definition) is 0. The summed E-state index contributed by atoms with van der Waals surface area (Å²) in [4.78, 5) is 1.09. The molecule has 0 aliphatic carbocycles. The third kappa shape index (κ3) is 3.20. The van der Waals surface area contributed by atoms with Crippen molar-refractivity contribution in [1.82, 2.24) is 0 Å². The molecule has 3 heteroatoms. The quantitative estimate of drug-likeness (QED) is 0.757. The lowest BCUT2D eigenvalue weighted by Gasteiger charge is -2.11. The molecule has 2 rings (SSSR count). The molecule has 0 aliphatic rings. The summed E-state index contributed by atoms with van der Waals surface area (Å²) in [6.07, 6.45) is 2.03. The lowest BCUT2D eigenvalue weighted by Crippen LogP contribution is -1.96. The first-order valence-electron chi connectivity index (χ1n) is 5.72. The van der Waals surface area contributed by atoms with Gasteiger partial charge in [-0.05, 0) is 30.0 Å². The molecule has 18 heavy (non-hydrogen) atoms. The lowest BCUT2D eigenvalue weighted by molar-refractivity contribution is 0.298. The van der Waals surface area contributed by atoms with Crippen LogP contribution in [0.3, 0.4) is 0 Å². The van der Waals surface area contributed by atoms with Crippen molar-refractivity contribution in [2.45, 2.75) is 11.5 Å². The molecule has 0 aromatic heterocycles. The van der Waals surface area contributed by atoms with Gasteiger partial charge >= 0.3 is 0 Å². The van der Waals surface area contributed by atoms with Crippen LogP contribution in [0.15, 0.2) is 53.4 Å². The lowest BCUT2D eigenvalue weighted by atomic mass is 10.2. The standard InChI is InChI=1S/C15H16O2S/c1-16-13-8-9-14(15(10-13)18-2)17-11-12-6-4-3-5-7-12/h3-10H,11H2,1-2H3. The van der Waals surface area contributed by atoms with Gasteiger partial charge in [-0.15, -0.1) is 11.8 Å². The van der Waals surface area contributed by atoms with Crippen LogP contribution in [-0.2, 0) is 6.61 Å². The van der Waals surface area contributed by atoms with E-state index in [-0.39, 0.29) is 0 Å². The molecule has 0 atom stereocenters. The van der Waals surface area contributed by atoms with E-state index in [1.807, 2.05) is 42.7 Å². The number of ether oxygens (including phenoxy) is 2. The smallest absolute Gasteiger partial charge is 0.133 e. The van der Waals surface area contributed by atoms with Crippen molar-refractivity contribution in [3.8, 4) is 11.5 Å². The zero-order valence-corrected chi connectivity index (χ0v) is 11.4. The summed E-state index contributed by atoms with van der Waals surface area (Å²) in [5.41, 5.74) is 1.17. The molecular weight excluding hydrogens is 244 g/mol. The summed E-state index contributed by atoms with van der Waals surface area (Å²) in [5.74, 6) is 1.75. The first-order valence-corrected chi connectivity index (χ1v) is 6.94. The zero-order valence-electron chi connectivity index (χ0n) is 10.6. The van der Waals surface area contributed by atoms with E-state index in [4.69, 9.17) is 9.47 Å². The highest BCUT2D eigenvalue weighted by Crippen LogP contribution is 2.31. The summed E-state index contributed by atoms with van der Waals surface area (Å²) in [5, 5.41) is 0. The van der Waals surface area contributed by atoms with Crippen LogP contribution in [-0.4, -0.2) is 13.4 Å². The Hall–Kier alpha value is -1.61. The molecule has 94 valence electrons. The molecule has 0 heterocycles. The molecule has 2 nitrogen and oxygen atoms in total. The molecule has 0 unspecified atom stereocenters. The fraction of sp³-hybridized carbons (Fsp3) is 0.200. The highest BCUT2D eigenvalue weighted by Gasteiger charge is 2.05. The molecule has 0 saturated carbocycles. The Morgan fingerprint density at radius 3 is 2.50 bits per heavy atom. The third-order valence-corrected chi connectivity index (χ3v) is 3.37. The Balaban J connectivity index is 2.09. The second-order valence-electron chi connectivity index (χ2n) is 3.79. The Labute approximate surface area is 112 Å². The average molecular weight is 260 g/mol. The minimum absolute atomic E-state index is 0.584. The van der Waals surface area contributed by atoms with Crippen molar-refractivity contribution in [2.24, 2.45) is 0 Å². The minimum atomic E-state index is 0.584. The van der Waals surface area contributed by atoms with Gasteiger partial charge in [0.05, 0.1) is 12.0 Å². The Bertz CT molecular complexity index is 497. The fourth-order valence-corrected chi connectivity index (χ4v) is 2.19. The van der Waals surface area contributed by atoms with Gasteiger partial charge < -0.3 is 9.47 Å². The van der Waals surface area contributed by atoms with E-state index in [2.05, 4.69) is 12.1 Å². The number of rotatable bonds is 5. The van der Waals surface area contributed by atoms with Crippen molar-refractivity contribution >= 4 is 11.8 Å². The topological polar surface area (TPSA) is 18.5 Å². The average Bonchev–Trinajstić information content (AvgIpc) is 2.46. The van der Waals surface area contributed by atoms with E-state index in [1.165, 1.54) is 5.56 Å². The van der Waals surface area contributed by atoms with Gasteiger partial charge in [-0.25, -0.2) is 0 Å². The molecule has 0 aliphatic heterocycles. The van der Waals surface area contributed by atoms with Crippen LogP contribution in [0.1, 0.15) is 5.56 Å². The first-order chi connectivity index (χ1) is 8.83. The van der Waals surface area contributed by atoms with Crippen LogP contribution < -0.4 is 9.47 Å². The van der Waals surface area contributed by atoms with Gasteiger partial charge in [0.25, 0.3) is 0 Å². The van der Waals surface area contributed by atoms with Gasteiger partial charge in [-0.2, -0.15) is 0 Å². The predicted molar refractivity (Wildman–Crippen MR) is 75.5 cm³/mol. The van der Waals surface area contributed by atoms with E-state index in [9.17, 15) is 0 Å². The summed E-state index contributed by atoms with van der Waals surface area (Å²) in [6.45, 7) is 0.584. The van der Waals surface area contributed by atoms with Crippen LogP contribution >= 0.6 is 11.8 Å². The fourth-order valence-electron chi connectivity index (χ4n) is 1.63. The molecule has 2 aromatic carbocycles. The van der Waals surface area contributed by atoms with Gasteiger partial charge in [0.15, 0.2) is 0 Å². The largest absolute Gasteiger partial charge is 0.497 e. The maximum Gasteiger partial charge on any atom is 0.133 e. The van der Waals surface area contributed by atoms with E-state index in [0.717, 1.165) is 16.4 Å².